The maximum atomic E-state index is 4.14. The molecule has 0 unspecified atom stereocenters. The van der Waals surface area contributed by atoms with E-state index < -0.39 is 0 Å². The molecule has 1 aliphatic rings. The minimum atomic E-state index is 0.848. The number of hydrazone groups is 1. The topological polar surface area (TPSA) is 30.9 Å². The molecule has 0 fully saturated rings. The van der Waals surface area contributed by atoms with Gasteiger partial charge in [-0.1, -0.05) is 6.58 Å². The Labute approximate surface area is 67.1 Å². The van der Waals surface area contributed by atoms with Crippen LogP contribution in [0.2, 0.25) is 0 Å². The molecule has 1 rings (SSSR count). The third-order valence-corrected chi connectivity index (χ3v) is 1.64. The molecule has 0 atom stereocenters. The molecule has 1 N–H and O–H groups in total. The molecular formula is C7H14N4. The van der Waals surface area contributed by atoms with Gasteiger partial charge in [0.25, 0.3) is 0 Å². The van der Waals surface area contributed by atoms with Gasteiger partial charge in [-0.2, -0.15) is 5.10 Å². The maximum absolute atomic E-state index is 4.14. The molecule has 0 saturated carbocycles. The molecule has 0 saturated heterocycles. The lowest BCUT2D eigenvalue weighted by Crippen LogP contribution is -2.39. The first kappa shape index (κ1) is 8.07. The van der Waals surface area contributed by atoms with Crippen molar-refractivity contribution in [1.82, 2.24) is 15.4 Å². The fraction of sp³-hybridized carbons (Fsp3) is 0.571. The van der Waals surface area contributed by atoms with Gasteiger partial charge in [-0.15, -0.1) is 0 Å². The highest BCUT2D eigenvalue weighted by atomic mass is 15.6. The van der Waals surface area contributed by atoms with Gasteiger partial charge in [-0.05, 0) is 6.42 Å². The quantitative estimate of drug-likeness (QED) is 0.541. The number of hydrazine groups is 1. The predicted octanol–water partition coefficient (Wildman–Crippen LogP) is 0.215. The van der Waals surface area contributed by atoms with Crippen molar-refractivity contribution in [2.24, 2.45) is 5.10 Å². The Morgan fingerprint density at radius 2 is 2.36 bits per heavy atom. The van der Waals surface area contributed by atoms with Gasteiger partial charge in [0.05, 0.1) is 0 Å². The summed E-state index contributed by atoms with van der Waals surface area (Å²) < 4.78 is 0. The zero-order valence-corrected chi connectivity index (χ0v) is 7.04. The van der Waals surface area contributed by atoms with Crippen molar-refractivity contribution in [2.45, 2.75) is 6.42 Å². The van der Waals surface area contributed by atoms with Crippen molar-refractivity contribution in [3.8, 4) is 0 Å². The van der Waals surface area contributed by atoms with E-state index in [2.05, 4.69) is 17.1 Å². The molecule has 0 amide bonds. The number of rotatable bonds is 0. The van der Waals surface area contributed by atoms with Gasteiger partial charge in [0, 0.05) is 26.9 Å². The summed E-state index contributed by atoms with van der Waals surface area (Å²) in [5, 5.41) is 7.76. The van der Waals surface area contributed by atoms with Crippen molar-refractivity contribution in [3.05, 3.63) is 12.4 Å². The summed E-state index contributed by atoms with van der Waals surface area (Å²) in [4.78, 5) is 0. The van der Waals surface area contributed by atoms with E-state index in [0.717, 1.165) is 18.8 Å². The highest BCUT2D eigenvalue weighted by molar-refractivity contribution is 5.57. The molecule has 4 nitrogen and oxygen atoms in total. The lowest BCUT2D eigenvalue weighted by atomic mass is 10.5. The zero-order chi connectivity index (χ0) is 8.27. The molecule has 0 bridgehead atoms. The molecule has 0 aromatic heterocycles. The average molecular weight is 154 g/mol. The Bertz CT molecular complexity index is 175. The number of nitrogens with zero attached hydrogens (tertiary/aromatic N) is 3. The summed E-state index contributed by atoms with van der Waals surface area (Å²) in [5.41, 5.74) is 3.17. The third kappa shape index (κ3) is 1.94. The Morgan fingerprint density at radius 3 is 3.09 bits per heavy atom. The van der Waals surface area contributed by atoms with Gasteiger partial charge >= 0.3 is 0 Å². The summed E-state index contributed by atoms with van der Waals surface area (Å²) in [6.07, 6.45) is 2.83. The normalized spacial score (nSPS) is 20.0. The van der Waals surface area contributed by atoms with E-state index >= 15 is 0 Å². The van der Waals surface area contributed by atoms with Crippen LogP contribution in [0.4, 0.5) is 0 Å². The van der Waals surface area contributed by atoms with Crippen molar-refractivity contribution < 1.29 is 0 Å². The molecule has 1 heterocycles. The Hall–Kier alpha value is -1.03. The molecule has 4 heteroatoms. The molecule has 0 spiro atoms. The Morgan fingerprint density at radius 1 is 1.64 bits per heavy atom. The Balaban J connectivity index is 2.64. The number of hydrogen-bond donors (Lipinski definition) is 1. The zero-order valence-electron chi connectivity index (χ0n) is 7.04. The largest absolute Gasteiger partial charge is 0.296 e. The third-order valence-electron chi connectivity index (χ3n) is 1.64. The van der Waals surface area contributed by atoms with E-state index in [1.807, 2.05) is 25.3 Å². The van der Waals surface area contributed by atoms with Gasteiger partial charge in [0.15, 0.2) is 0 Å². The molecule has 11 heavy (non-hydrogen) atoms. The summed E-state index contributed by atoms with van der Waals surface area (Å²) >= 11 is 0. The maximum Gasteiger partial charge on any atom is 0.131 e. The second kappa shape index (κ2) is 3.39. The lowest BCUT2D eigenvalue weighted by molar-refractivity contribution is 0.210. The lowest BCUT2D eigenvalue weighted by Gasteiger charge is -2.28. The molecule has 1 aliphatic heterocycles. The first-order chi connectivity index (χ1) is 5.22. The van der Waals surface area contributed by atoms with Gasteiger partial charge in [-0.25, -0.2) is 5.43 Å². The van der Waals surface area contributed by atoms with Crippen molar-refractivity contribution in [1.29, 1.82) is 0 Å². The van der Waals surface area contributed by atoms with Crippen molar-refractivity contribution >= 4 is 6.21 Å². The van der Waals surface area contributed by atoms with Crippen LogP contribution < -0.4 is 5.43 Å². The smallest absolute Gasteiger partial charge is 0.131 e. The molecule has 0 aromatic rings. The van der Waals surface area contributed by atoms with Crippen molar-refractivity contribution in [3.63, 3.8) is 0 Å². The van der Waals surface area contributed by atoms with Gasteiger partial charge in [0.2, 0.25) is 0 Å². The van der Waals surface area contributed by atoms with E-state index in [1.54, 1.807) is 5.01 Å². The standard InChI is InChI=1S/C7H14N4/c1-7-10(2)8-5-4-6-9-11(7)3/h5,9H,1,4,6H2,2-3H3. The fourth-order valence-electron chi connectivity index (χ4n) is 0.852. The second-order valence-corrected chi connectivity index (χ2v) is 2.49. The molecule has 0 aromatic carbocycles. The minimum Gasteiger partial charge on any atom is -0.296 e. The SMILES string of the molecule is C=C1N(C)N=CCCNN1C. The van der Waals surface area contributed by atoms with Crippen LogP contribution >= 0.6 is 0 Å². The van der Waals surface area contributed by atoms with Crippen LogP contribution in [0.5, 0.6) is 0 Å². The van der Waals surface area contributed by atoms with E-state index in [0.29, 0.717) is 0 Å². The first-order valence-corrected chi connectivity index (χ1v) is 3.64. The predicted molar refractivity (Wildman–Crippen MR) is 45.8 cm³/mol. The second-order valence-electron chi connectivity index (χ2n) is 2.49. The number of nitrogens with one attached hydrogen (secondary N) is 1. The van der Waals surface area contributed by atoms with Gasteiger partial charge in [-0.3, -0.25) is 10.0 Å². The van der Waals surface area contributed by atoms with E-state index in [9.17, 15) is 0 Å². The molecule has 0 aliphatic carbocycles. The van der Waals surface area contributed by atoms with Crippen LogP contribution in [-0.2, 0) is 0 Å². The summed E-state index contributed by atoms with van der Waals surface area (Å²) in [7, 11) is 3.81. The monoisotopic (exact) mass is 154 g/mol. The average Bonchev–Trinajstić information content (AvgIpc) is 2.00. The highest BCUT2D eigenvalue weighted by Crippen LogP contribution is 2.02. The number of hydrogen-bond acceptors (Lipinski definition) is 4. The highest BCUT2D eigenvalue weighted by Gasteiger charge is 2.06. The van der Waals surface area contributed by atoms with Crippen LogP contribution in [0.1, 0.15) is 6.42 Å². The van der Waals surface area contributed by atoms with Gasteiger partial charge < -0.3 is 0 Å². The van der Waals surface area contributed by atoms with Crippen LogP contribution in [0.25, 0.3) is 0 Å². The Kier molecular flexibility index (Phi) is 2.48. The van der Waals surface area contributed by atoms with Crippen LogP contribution in [-0.4, -0.2) is 36.9 Å². The molecular weight excluding hydrogens is 140 g/mol. The summed E-state index contributed by atoms with van der Waals surface area (Å²) in [6, 6.07) is 0. The summed E-state index contributed by atoms with van der Waals surface area (Å²) in [5.74, 6) is 0.848. The summed E-state index contributed by atoms with van der Waals surface area (Å²) in [6.45, 7) is 4.76. The minimum absolute atomic E-state index is 0.848. The van der Waals surface area contributed by atoms with E-state index in [4.69, 9.17) is 0 Å². The van der Waals surface area contributed by atoms with Crippen LogP contribution in [0.3, 0.4) is 0 Å². The van der Waals surface area contributed by atoms with Crippen LogP contribution in [0.15, 0.2) is 17.5 Å². The van der Waals surface area contributed by atoms with Crippen LogP contribution in [0, 0.1) is 0 Å². The van der Waals surface area contributed by atoms with E-state index in [-0.39, 0.29) is 0 Å². The van der Waals surface area contributed by atoms with Gasteiger partial charge in [0.1, 0.15) is 5.82 Å². The fourth-order valence-corrected chi connectivity index (χ4v) is 0.852. The molecule has 62 valence electrons. The van der Waals surface area contributed by atoms with Crippen molar-refractivity contribution in [2.75, 3.05) is 20.6 Å². The van der Waals surface area contributed by atoms with E-state index in [1.165, 1.54) is 0 Å². The first-order valence-electron chi connectivity index (χ1n) is 3.64. The molecule has 0 radical (unpaired) electrons.